The second kappa shape index (κ2) is 9.18. The maximum Gasteiger partial charge on any atom is 0.305 e. The molecule has 0 fully saturated rings. The van der Waals surface area contributed by atoms with Crippen LogP contribution in [0.2, 0.25) is 0 Å². The first kappa shape index (κ1) is 18.9. The second-order valence-corrected chi connectivity index (χ2v) is 6.40. The standard InChI is InChI=1S/C20H19BrO4/c1-14(22)24-20(25-15(2)23)18(11-16-7-4-3-5-8-16)12-17-9-6-10-19(21)13-17/h3-10,12-13,20H,11H2,1-2H3/b18-12+. The highest BCUT2D eigenvalue weighted by molar-refractivity contribution is 9.10. The van der Waals surface area contributed by atoms with Gasteiger partial charge in [-0.05, 0) is 29.3 Å². The zero-order valence-electron chi connectivity index (χ0n) is 14.1. The van der Waals surface area contributed by atoms with Gasteiger partial charge >= 0.3 is 11.9 Å². The van der Waals surface area contributed by atoms with E-state index in [1.54, 1.807) is 0 Å². The summed E-state index contributed by atoms with van der Waals surface area (Å²) in [7, 11) is 0. The largest absolute Gasteiger partial charge is 0.421 e. The molecule has 0 heterocycles. The minimum atomic E-state index is -1.06. The van der Waals surface area contributed by atoms with E-state index in [4.69, 9.17) is 9.47 Å². The van der Waals surface area contributed by atoms with Gasteiger partial charge in [-0.3, -0.25) is 9.59 Å². The maximum atomic E-state index is 11.5. The smallest absolute Gasteiger partial charge is 0.305 e. The lowest BCUT2D eigenvalue weighted by Crippen LogP contribution is -2.25. The van der Waals surface area contributed by atoms with Gasteiger partial charge in [-0.1, -0.05) is 58.4 Å². The molecule has 0 atom stereocenters. The van der Waals surface area contributed by atoms with Crippen molar-refractivity contribution in [3.05, 3.63) is 75.8 Å². The fraction of sp³-hybridized carbons (Fsp3) is 0.200. The Labute approximate surface area is 155 Å². The topological polar surface area (TPSA) is 52.6 Å². The van der Waals surface area contributed by atoms with Gasteiger partial charge in [0.2, 0.25) is 0 Å². The first-order valence-electron chi connectivity index (χ1n) is 7.78. The van der Waals surface area contributed by atoms with E-state index in [0.29, 0.717) is 12.0 Å². The number of carbonyl (C=O) groups excluding carboxylic acids is 2. The van der Waals surface area contributed by atoms with Gasteiger partial charge in [-0.25, -0.2) is 0 Å². The van der Waals surface area contributed by atoms with Crippen molar-refractivity contribution in [3.63, 3.8) is 0 Å². The van der Waals surface area contributed by atoms with E-state index in [9.17, 15) is 9.59 Å². The van der Waals surface area contributed by atoms with Crippen LogP contribution in [0.3, 0.4) is 0 Å². The molecule has 0 unspecified atom stereocenters. The van der Waals surface area contributed by atoms with Gasteiger partial charge in [0, 0.05) is 30.3 Å². The Balaban J connectivity index is 2.41. The summed E-state index contributed by atoms with van der Waals surface area (Å²) in [6.07, 6.45) is 1.29. The maximum absolute atomic E-state index is 11.5. The molecule has 130 valence electrons. The molecular weight excluding hydrogens is 384 g/mol. The van der Waals surface area contributed by atoms with Crippen LogP contribution in [0.15, 0.2) is 64.6 Å². The van der Waals surface area contributed by atoms with E-state index in [0.717, 1.165) is 15.6 Å². The predicted molar refractivity (Wildman–Crippen MR) is 99.6 cm³/mol. The average Bonchev–Trinajstić information content (AvgIpc) is 2.54. The Hall–Kier alpha value is -2.40. The summed E-state index contributed by atoms with van der Waals surface area (Å²) >= 11 is 3.44. The molecule has 0 saturated carbocycles. The van der Waals surface area contributed by atoms with Crippen LogP contribution in [0.4, 0.5) is 0 Å². The van der Waals surface area contributed by atoms with Crippen LogP contribution >= 0.6 is 15.9 Å². The Morgan fingerprint density at radius 3 is 2.20 bits per heavy atom. The summed E-state index contributed by atoms with van der Waals surface area (Å²) in [6.45, 7) is 2.57. The van der Waals surface area contributed by atoms with Crippen molar-refractivity contribution in [2.75, 3.05) is 0 Å². The molecule has 0 amide bonds. The van der Waals surface area contributed by atoms with E-state index in [1.165, 1.54) is 13.8 Å². The quantitative estimate of drug-likeness (QED) is 0.526. The van der Waals surface area contributed by atoms with Crippen molar-refractivity contribution in [2.45, 2.75) is 26.6 Å². The Bertz CT molecular complexity index is 752. The van der Waals surface area contributed by atoms with Crippen LogP contribution in [0.5, 0.6) is 0 Å². The van der Waals surface area contributed by atoms with Crippen molar-refractivity contribution in [2.24, 2.45) is 0 Å². The van der Waals surface area contributed by atoms with E-state index < -0.39 is 18.2 Å². The van der Waals surface area contributed by atoms with Crippen LogP contribution in [-0.4, -0.2) is 18.2 Å². The van der Waals surface area contributed by atoms with Crippen LogP contribution in [-0.2, 0) is 25.5 Å². The molecule has 0 aliphatic carbocycles. The lowest BCUT2D eigenvalue weighted by molar-refractivity contribution is -0.178. The normalized spacial score (nSPS) is 11.3. The first-order chi connectivity index (χ1) is 11.9. The predicted octanol–water partition coefficient (Wildman–Crippen LogP) is 4.53. The number of benzene rings is 2. The Kier molecular flexibility index (Phi) is 6.95. The molecule has 0 saturated heterocycles. The molecule has 2 aromatic carbocycles. The molecule has 0 N–H and O–H groups in total. The monoisotopic (exact) mass is 402 g/mol. The molecular formula is C20H19BrO4. The third-order valence-corrected chi connectivity index (χ3v) is 3.79. The van der Waals surface area contributed by atoms with Gasteiger partial charge in [0.1, 0.15) is 0 Å². The highest BCUT2D eigenvalue weighted by Crippen LogP contribution is 2.21. The molecule has 4 nitrogen and oxygen atoms in total. The molecule has 0 spiro atoms. The van der Waals surface area contributed by atoms with Gasteiger partial charge in [-0.15, -0.1) is 0 Å². The Morgan fingerprint density at radius 1 is 1.00 bits per heavy atom. The number of carbonyl (C=O) groups is 2. The molecule has 0 aliphatic rings. The molecule has 2 aromatic rings. The number of rotatable bonds is 6. The van der Waals surface area contributed by atoms with Crippen molar-refractivity contribution in [1.29, 1.82) is 0 Å². The van der Waals surface area contributed by atoms with Gasteiger partial charge in [0.05, 0.1) is 0 Å². The van der Waals surface area contributed by atoms with Gasteiger partial charge < -0.3 is 9.47 Å². The number of esters is 2. The number of hydrogen-bond donors (Lipinski definition) is 0. The minimum absolute atomic E-state index is 0.485. The molecule has 25 heavy (non-hydrogen) atoms. The van der Waals surface area contributed by atoms with Gasteiger partial charge in [-0.2, -0.15) is 0 Å². The number of hydrogen-bond acceptors (Lipinski definition) is 4. The zero-order valence-corrected chi connectivity index (χ0v) is 15.7. The third-order valence-electron chi connectivity index (χ3n) is 3.30. The van der Waals surface area contributed by atoms with E-state index in [1.807, 2.05) is 60.7 Å². The lowest BCUT2D eigenvalue weighted by Gasteiger charge is -2.20. The van der Waals surface area contributed by atoms with Crippen molar-refractivity contribution in [1.82, 2.24) is 0 Å². The van der Waals surface area contributed by atoms with Gasteiger partial charge in [0.15, 0.2) is 0 Å². The summed E-state index contributed by atoms with van der Waals surface area (Å²) in [5.74, 6) is -1.03. The summed E-state index contributed by atoms with van der Waals surface area (Å²) in [5, 5.41) is 0. The first-order valence-corrected chi connectivity index (χ1v) is 8.58. The van der Waals surface area contributed by atoms with Crippen molar-refractivity contribution < 1.29 is 19.1 Å². The zero-order chi connectivity index (χ0) is 18.2. The fourth-order valence-electron chi connectivity index (χ4n) is 2.32. The Morgan fingerprint density at radius 2 is 1.64 bits per heavy atom. The summed E-state index contributed by atoms with van der Waals surface area (Å²) in [5.41, 5.74) is 2.60. The minimum Gasteiger partial charge on any atom is -0.421 e. The van der Waals surface area contributed by atoms with Crippen molar-refractivity contribution >= 4 is 33.9 Å². The van der Waals surface area contributed by atoms with Gasteiger partial charge in [0.25, 0.3) is 6.29 Å². The van der Waals surface area contributed by atoms with Crippen LogP contribution in [0.25, 0.3) is 6.08 Å². The summed E-state index contributed by atoms with van der Waals surface area (Å²) in [6, 6.07) is 17.4. The van der Waals surface area contributed by atoms with Crippen LogP contribution in [0, 0.1) is 0 Å². The number of ether oxygens (including phenoxy) is 2. The lowest BCUT2D eigenvalue weighted by atomic mass is 10.0. The third kappa shape index (κ3) is 6.55. The molecule has 0 bridgehead atoms. The summed E-state index contributed by atoms with van der Waals surface area (Å²) < 4.78 is 11.4. The van der Waals surface area contributed by atoms with Crippen LogP contribution in [0.1, 0.15) is 25.0 Å². The second-order valence-electron chi connectivity index (χ2n) is 5.49. The molecule has 0 aliphatic heterocycles. The highest BCUT2D eigenvalue weighted by Gasteiger charge is 2.21. The van der Waals surface area contributed by atoms with E-state index in [-0.39, 0.29) is 0 Å². The molecule has 0 aromatic heterocycles. The molecule has 0 radical (unpaired) electrons. The highest BCUT2D eigenvalue weighted by atomic mass is 79.9. The molecule has 2 rings (SSSR count). The van der Waals surface area contributed by atoms with Crippen LogP contribution < -0.4 is 0 Å². The fourth-order valence-corrected chi connectivity index (χ4v) is 2.74. The van der Waals surface area contributed by atoms with Crippen molar-refractivity contribution in [3.8, 4) is 0 Å². The number of halogens is 1. The van der Waals surface area contributed by atoms with E-state index in [2.05, 4.69) is 15.9 Å². The van der Waals surface area contributed by atoms with E-state index >= 15 is 0 Å². The SMILES string of the molecule is CC(=O)OC(OC(C)=O)/C(=C/c1cccc(Br)c1)Cc1ccccc1. The average molecular weight is 403 g/mol. The summed E-state index contributed by atoms with van der Waals surface area (Å²) in [4.78, 5) is 22.9. The molecule has 5 heteroatoms.